The summed E-state index contributed by atoms with van der Waals surface area (Å²) in [4.78, 5) is 10.6. The van der Waals surface area contributed by atoms with Gasteiger partial charge in [0.25, 0.3) is 0 Å². The van der Waals surface area contributed by atoms with Gasteiger partial charge in [-0.3, -0.25) is 4.79 Å². The van der Waals surface area contributed by atoms with Gasteiger partial charge in [0.1, 0.15) is 6.29 Å². The Morgan fingerprint density at radius 1 is 1.38 bits per heavy atom. The van der Waals surface area contributed by atoms with E-state index in [9.17, 15) is 4.79 Å². The summed E-state index contributed by atoms with van der Waals surface area (Å²) in [5, 5.41) is 0. The van der Waals surface area contributed by atoms with Gasteiger partial charge in [-0.05, 0) is 37.7 Å². The Bertz CT molecular complexity index is 189. The van der Waals surface area contributed by atoms with Crippen LogP contribution in [-0.4, -0.2) is 6.29 Å². The quantitative estimate of drug-likeness (QED) is 0.347. The highest BCUT2D eigenvalue weighted by atomic mass is 16.1. The molecule has 0 aliphatic rings. The van der Waals surface area contributed by atoms with E-state index in [1.807, 2.05) is 13.8 Å². The molecule has 1 nitrogen and oxygen atoms in total. The van der Waals surface area contributed by atoms with E-state index in [-0.39, 0.29) is 0 Å². The highest BCUT2D eigenvalue weighted by Crippen LogP contribution is 2.14. The molecule has 0 fully saturated rings. The summed E-state index contributed by atoms with van der Waals surface area (Å²) in [7, 11) is 0. The first-order valence-corrected chi connectivity index (χ1v) is 5.05. The summed E-state index contributed by atoms with van der Waals surface area (Å²) in [5.41, 5.74) is 0.927. The van der Waals surface area contributed by atoms with Gasteiger partial charge >= 0.3 is 0 Å². The molecule has 1 unspecified atom stereocenters. The van der Waals surface area contributed by atoms with Gasteiger partial charge in [-0.15, -0.1) is 0 Å². The molecule has 0 aliphatic carbocycles. The molecule has 0 radical (unpaired) electrons. The molecule has 74 valence electrons. The molecule has 0 aliphatic heterocycles. The fraction of sp³-hybridized carbons (Fsp3) is 0.583. The smallest absolute Gasteiger partial charge is 0.145 e. The fourth-order valence-corrected chi connectivity index (χ4v) is 1.21. The highest BCUT2D eigenvalue weighted by molar-refractivity contribution is 5.72. The van der Waals surface area contributed by atoms with Gasteiger partial charge in [-0.25, -0.2) is 0 Å². The van der Waals surface area contributed by atoms with Crippen LogP contribution >= 0.6 is 0 Å². The van der Waals surface area contributed by atoms with Crippen molar-refractivity contribution < 1.29 is 4.79 Å². The number of hydrogen-bond donors (Lipinski definition) is 0. The largest absolute Gasteiger partial charge is 0.298 e. The van der Waals surface area contributed by atoms with Crippen LogP contribution in [0.4, 0.5) is 0 Å². The maximum absolute atomic E-state index is 10.6. The molecule has 0 aromatic heterocycles. The Morgan fingerprint density at radius 2 is 2.08 bits per heavy atom. The van der Waals surface area contributed by atoms with Crippen molar-refractivity contribution >= 4 is 6.29 Å². The van der Waals surface area contributed by atoms with Gasteiger partial charge in [0.05, 0.1) is 0 Å². The second-order valence-corrected chi connectivity index (χ2v) is 3.19. The van der Waals surface area contributed by atoms with Crippen LogP contribution in [0.25, 0.3) is 0 Å². The molecule has 0 amide bonds. The Balaban J connectivity index is 4.22. The average molecular weight is 180 g/mol. The minimum atomic E-state index is 0.524. The van der Waals surface area contributed by atoms with E-state index >= 15 is 0 Å². The molecule has 0 N–H and O–H groups in total. The van der Waals surface area contributed by atoms with Crippen LogP contribution in [-0.2, 0) is 4.79 Å². The van der Waals surface area contributed by atoms with Crippen molar-refractivity contribution in [2.75, 3.05) is 0 Å². The molecule has 0 aromatic carbocycles. The molecule has 0 bridgehead atoms. The SMILES string of the molecule is C/C=C/CC(/C=C(/C=O)CC)CC. The molecule has 13 heavy (non-hydrogen) atoms. The van der Waals surface area contributed by atoms with Crippen molar-refractivity contribution in [1.29, 1.82) is 0 Å². The van der Waals surface area contributed by atoms with Crippen molar-refractivity contribution in [2.45, 2.75) is 40.0 Å². The Kier molecular flexibility index (Phi) is 7.27. The summed E-state index contributed by atoms with van der Waals surface area (Å²) in [6, 6.07) is 0. The van der Waals surface area contributed by atoms with Crippen molar-refractivity contribution in [3.8, 4) is 0 Å². The van der Waals surface area contributed by atoms with Crippen LogP contribution in [0.5, 0.6) is 0 Å². The first-order chi connectivity index (χ1) is 6.28. The third kappa shape index (κ3) is 5.40. The molecular weight excluding hydrogens is 160 g/mol. The van der Waals surface area contributed by atoms with E-state index in [4.69, 9.17) is 0 Å². The lowest BCUT2D eigenvalue weighted by Gasteiger charge is -2.07. The van der Waals surface area contributed by atoms with Crippen molar-refractivity contribution in [1.82, 2.24) is 0 Å². The van der Waals surface area contributed by atoms with Crippen LogP contribution in [0, 0.1) is 5.92 Å². The lowest BCUT2D eigenvalue weighted by molar-refractivity contribution is -0.105. The molecule has 0 saturated heterocycles. The Morgan fingerprint density at radius 3 is 2.46 bits per heavy atom. The highest BCUT2D eigenvalue weighted by Gasteiger charge is 2.01. The van der Waals surface area contributed by atoms with Gasteiger partial charge in [-0.1, -0.05) is 32.1 Å². The topological polar surface area (TPSA) is 17.1 Å². The van der Waals surface area contributed by atoms with E-state index in [0.717, 1.165) is 31.1 Å². The third-order valence-electron chi connectivity index (χ3n) is 2.21. The second-order valence-electron chi connectivity index (χ2n) is 3.19. The molecule has 0 spiro atoms. The number of carbonyl (C=O) groups excluding carboxylic acids is 1. The number of carbonyl (C=O) groups is 1. The standard InChI is InChI=1S/C12H20O/c1-4-7-8-11(5-2)9-12(6-3)10-13/h4,7,9-11H,5-6,8H2,1-3H3/b7-4+,12-9+. The normalized spacial score (nSPS) is 14.8. The molecule has 0 saturated carbocycles. The van der Waals surface area contributed by atoms with E-state index in [0.29, 0.717) is 5.92 Å². The first-order valence-electron chi connectivity index (χ1n) is 5.05. The predicted octanol–water partition coefficient (Wildman–Crippen LogP) is 3.51. The molecular formula is C12H20O. The van der Waals surface area contributed by atoms with E-state index < -0.39 is 0 Å². The van der Waals surface area contributed by atoms with Gasteiger partial charge in [0, 0.05) is 0 Å². The fourth-order valence-electron chi connectivity index (χ4n) is 1.21. The minimum Gasteiger partial charge on any atom is -0.298 e. The van der Waals surface area contributed by atoms with Gasteiger partial charge in [-0.2, -0.15) is 0 Å². The van der Waals surface area contributed by atoms with Crippen LogP contribution in [0.1, 0.15) is 40.0 Å². The van der Waals surface area contributed by atoms with E-state index in [2.05, 4.69) is 25.2 Å². The zero-order chi connectivity index (χ0) is 10.1. The first kappa shape index (κ1) is 12.2. The zero-order valence-corrected chi connectivity index (χ0v) is 8.92. The summed E-state index contributed by atoms with van der Waals surface area (Å²) in [5.74, 6) is 0.524. The van der Waals surface area contributed by atoms with Crippen molar-refractivity contribution in [2.24, 2.45) is 5.92 Å². The Hall–Kier alpha value is -0.850. The van der Waals surface area contributed by atoms with Crippen LogP contribution in [0.2, 0.25) is 0 Å². The van der Waals surface area contributed by atoms with Crippen molar-refractivity contribution in [3.05, 3.63) is 23.8 Å². The summed E-state index contributed by atoms with van der Waals surface area (Å²) < 4.78 is 0. The molecule has 1 heteroatoms. The monoisotopic (exact) mass is 180 g/mol. The van der Waals surface area contributed by atoms with Gasteiger partial charge < -0.3 is 0 Å². The number of rotatable bonds is 6. The van der Waals surface area contributed by atoms with E-state index in [1.54, 1.807) is 0 Å². The van der Waals surface area contributed by atoms with Gasteiger partial charge in [0.15, 0.2) is 0 Å². The summed E-state index contributed by atoms with van der Waals surface area (Å²) in [6.45, 7) is 6.20. The molecule has 0 aromatic rings. The number of hydrogen-bond acceptors (Lipinski definition) is 1. The molecule has 0 heterocycles. The zero-order valence-electron chi connectivity index (χ0n) is 8.92. The molecule has 0 rings (SSSR count). The Labute approximate surface area is 81.5 Å². The lowest BCUT2D eigenvalue weighted by atomic mass is 9.98. The van der Waals surface area contributed by atoms with Crippen LogP contribution < -0.4 is 0 Å². The second kappa shape index (κ2) is 7.78. The number of allylic oxidation sites excluding steroid dienone is 4. The van der Waals surface area contributed by atoms with Crippen LogP contribution in [0.3, 0.4) is 0 Å². The maximum Gasteiger partial charge on any atom is 0.145 e. The van der Waals surface area contributed by atoms with E-state index in [1.165, 1.54) is 0 Å². The summed E-state index contributed by atoms with van der Waals surface area (Å²) >= 11 is 0. The third-order valence-corrected chi connectivity index (χ3v) is 2.21. The van der Waals surface area contributed by atoms with Gasteiger partial charge in [0.2, 0.25) is 0 Å². The number of aldehydes is 1. The minimum absolute atomic E-state index is 0.524. The maximum atomic E-state index is 10.6. The average Bonchev–Trinajstić information content (AvgIpc) is 2.19. The predicted molar refractivity (Wildman–Crippen MR) is 57.7 cm³/mol. The van der Waals surface area contributed by atoms with Crippen molar-refractivity contribution in [3.63, 3.8) is 0 Å². The molecule has 1 atom stereocenters. The van der Waals surface area contributed by atoms with Crippen LogP contribution in [0.15, 0.2) is 23.8 Å². The lowest BCUT2D eigenvalue weighted by Crippen LogP contribution is -1.95. The summed E-state index contributed by atoms with van der Waals surface area (Å²) in [6.07, 6.45) is 10.3.